The fourth-order valence-electron chi connectivity index (χ4n) is 4.44. The number of nitrogens with one attached hydrogen (secondary N) is 3. The van der Waals surface area contributed by atoms with Crippen molar-refractivity contribution in [2.45, 2.75) is 32.0 Å². The minimum atomic E-state index is -0.237. The SMILES string of the molecule is C=NC(NC(NCc1ccccc1)c1ccc(C2Nc3ccccc3O2)c(C)c1)c1ccccc1. The van der Waals surface area contributed by atoms with Gasteiger partial charge in [0.1, 0.15) is 11.9 Å². The first-order valence-electron chi connectivity index (χ1n) is 11.9. The Kier molecular flexibility index (Phi) is 6.89. The number of fused-ring (bicyclic) bond motifs is 1. The third-order valence-corrected chi connectivity index (χ3v) is 6.30. The van der Waals surface area contributed by atoms with E-state index in [0.29, 0.717) is 0 Å². The van der Waals surface area contributed by atoms with Crippen molar-refractivity contribution >= 4 is 12.4 Å². The monoisotopic (exact) mass is 462 g/mol. The summed E-state index contributed by atoms with van der Waals surface area (Å²) in [7, 11) is 0. The van der Waals surface area contributed by atoms with E-state index < -0.39 is 0 Å². The maximum Gasteiger partial charge on any atom is 0.196 e. The van der Waals surface area contributed by atoms with Gasteiger partial charge < -0.3 is 10.1 Å². The van der Waals surface area contributed by atoms with Crippen molar-refractivity contribution in [2.24, 2.45) is 4.99 Å². The summed E-state index contributed by atoms with van der Waals surface area (Å²) in [5, 5.41) is 10.8. The number of para-hydroxylation sites is 2. The molecule has 35 heavy (non-hydrogen) atoms. The molecule has 4 aromatic carbocycles. The van der Waals surface area contributed by atoms with Gasteiger partial charge in [-0.15, -0.1) is 0 Å². The fraction of sp³-hybridized carbons (Fsp3) is 0.167. The summed E-state index contributed by atoms with van der Waals surface area (Å²) in [6.07, 6.45) is -0.566. The normalized spacial score (nSPS) is 16.0. The molecule has 3 atom stereocenters. The molecule has 0 radical (unpaired) electrons. The van der Waals surface area contributed by atoms with Crippen molar-refractivity contribution in [1.82, 2.24) is 10.6 Å². The number of hydrogen-bond acceptors (Lipinski definition) is 5. The predicted octanol–water partition coefficient (Wildman–Crippen LogP) is 6.28. The van der Waals surface area contributed by atoms with E-state index in [1.165, 1.54) is 5.56 Å². The van der Waals surface area contributed by atoms with Gasteiger partial charge in [0.05, 0.1) is 11.9 Å². The van der Waals surface area contributed by atoms with E-state index in [0.717, 1.165) is 40.2 Å². The number of rotatable bonds is 9. The summed E-state index contributed by atoms with van der Waals surface area (Å²) < 4.78 is 6.15. The molecular weight excluding hydrogens is 432 g/mol. The van der Waals surface area contributed by atoms with Crippen LogP contribution in [-0.2, 0) is 6.54 Å². The summed E-state index contributed by atoms with van der Waals surface area (Å²) in [6.45, 7) is 6.69. The first-order chi connectivity index (χ1) is 17.2. The van der Waals surface area contributed by atoms with Crippen LogP contribution in [0.25, 0.3) is 0 Å². The van der Waals surface area contributed by atoms with E-state index in [9.17, 15) is 0 Å². The van der Waals surface area contributed by atoms with Crippen molar-refractivity contribution < 1.29 is 4.74 Å². The minimum Gasteiger partial charge on any atom is -0.464 e. The lowest BCUT2D eigenvalue weighted by Gasteiger charge is -2.26. The highest BCUT2D eigenvalue weighted by Crippen LogP contribution is 2.38. The van der Waals surface area contributed by atoms with Crippen LogP contribution < -0.4 is 20.7 Å². The number of hydrogen-bond donors (Lipinski definition) is 3. The average Bonchev–Trinajstić information content (AvgIpc) is 3.34. The largest absolute Gasteiger partial charge is 0.464 e. The molecule has 0 fully saturated rings. The zero-order valence-corrected chi connectivity index (χ0v) is 19.8. The number of anilines is 1. The molecule has 176 valence electrons. The highest BCUT2D eigenvalue weighted by Gasteiger charge is 2.25. The summed E-state index contributed by atoms with van der Waals surface area (Å²) in [5.41, 5.74) is 6.72. The third kappa shape index (κ3) is 5.27. The van der Waals surface area contributed by atoms with Gasteiger partial charge in [-0.1, -0.05) is 91.0 Å². The Morgan fingerprint density at radius 1 is 0.886 bits per heavy atom. The van der Waals surface area contributed by atoms with Gasteiger partial charge in [-0.2, -0.15) is 0 Å². The smallest absolute Gasteiger partial charge is 0.196 e. The Balaban J connectivity index is 1.39. The van der Waals surface area contributed by atoms with Crippen LogP contribution in [0.2, 0.25) is 0 Å². The zero-order chi connectivity index (χ0) is 24.0. The molecule has 0 spiro atoms. The lowest BCUT2D eigenvalue weighted by Crippen LogP contribution is -2.36. The zero-order valence-electron chi connectivity index (χ0n) is 19.8. The average molecular weight is 463 g/mol. The van der Waals surface area contributed by atoms with Crippen LogP contribution in [0, 0.1) is 6.92 Å². The van der Waals surface area contributed by atoms with E-state index in [4.69, 9.17) is 4.74 Å². The second-order valence-corrected chi connectivity index (χ2v) is 8.72. The Morgan fingerprint density at radius 3 is 2.31 bits per heavy atom. The molecule has 4 aromatic rings. The number of aryl methyl sites for hydroxylation is 1. The van der Waals surface area contributed by atoms with Gasteiger partial charge in [-0.05, 0) is 48.0 Å². The van der Waals surface area contributed by atoms with Crippen molar-refractivity contribution in [3.8, 4) is 5.75 Å². The fourth-order valence-corrected chi connectivity index (χ4v) is 4.44. The molecule has 3 N–H and O–H groups in total. The summed E-state index contributed by atoms with van der Waals surface area (Å²) in [5.74, 6) is 0.882. The molecule has 0 aliphatic carbocycles. The first kappa shape index (κ1) is 22.8. The van der Waals surface area contributed by atoms with Crippen molar-refractivity contribution in [3.63, 3.8) is 0 Å². The van der Waals surface area contributed by atoms with Crippen molar-refractivity contribution in [1.29, 1.82) is 0 Å². The molecule has 0 bridgehead atoms. The number of ether oxygens (including phenoxy) is 1. The molecule has 1 aliphatic heterocycles. The number of aliphatic imine (C=N–C) groups is 1. The maximum absolute atomic E-state index is 6.15. The standard InChI is InChI=1S/C30H30N4O/c1-21-19-24(17-18-25(21)30-33-26-15-9-10-16-27(26)35-30)29(32-20-22-11-5-3-6-12-22)34-28(31-2)23-13-7-4-8-14-23/h3-19,28-30,32-34H,2,20H2,1H3. The van der Waals surface area contributed by atoms with Gasteiger partial charge >= 0.3 is 0 Å². The van der Waals surface area contributed by atoms with Crippen LogP contribution in [0.15, 0.2) is 108 Å². The second kappa shape index (κ2) is 10.6. The quantitative estimate of drug-likeness (QED) is 0.203. The highest BCUT2D eigenvalue weighted by atomic mass is 16.5. The Bertz CT molecular complexity index is 1250. The van der Waals surface area contributed by atoms with Crippen LogP contribution in [-0.4, -0.2) is 6.72 Å². The molecule has 5 rings (SSSR count). The Labute approximate surface area is 206 Å². The molecule has 5 nitrogen and oxygen atoms in total. The van der Waals surface area contributed by atoms with Crippen LogP contribution in [0.1, 0.15) is 46.4 Å². The summed E-state index contributed by atoms with van der Waals surface area (Å²) in [4.78, 5) is 4.37. The molecule has 5 heteroatoms. The molecule has 1 aliphatic rings. The van der Waals surface area contributed by atoms with E-state index in [1.54, 1.807) is 0 Å². The first-order valence-corrected chi connectivity index (χ1v) is 11.9. The van der Waals surface area contributed by atoms with Gasteiger partial charge in [-0.25, -0.2) is 0 Å². The molecule has 3 unspecified atom stereocenters. The van der Waals surface area contributed by atoms with Crippen molar-refractivity contribution in [2.75, 3.05) is 5.32 Å². The Morgan fingerprint density at radius 2 is 1.60 bits per heavy atom. The predicted molar refractivity (Wildman–Crippen MR) is 143 cm³/mol. The topological polar surface area (TPSA) is 57.7 Å². The van der Waals surface area contributed by atoms with E-state index in [-0.39, 0.29) is 18.6 Å². The molecule has 0 aromatic heterocycles. The van der Waals surface area contributed by atoms with Gasteiger partial charge in [0.15, 0.2) is 6.23 Å². The van der Waals surface area contributed by atoms with Gasteiger partial charge in [-0.3, -0.25) is 15.6 Å². The summed E-state index contributed by atoms with van der Waals surface area (Å²) in [6, 6.07) is 35.1. The van der Waals surface area contributed by atoms with Gasteiger partial charge in [0.25, 0.3) is 0 Å². The highest BCUT2D eigenvalue weighted by molar-refractivity contribution is 5.61. The van der Waals surface area contributed by atoms with Crippen LogP contribution in [0.4, 0.5) is 5.69 Å². The second-order valence-electron chi connectivity index (χ2n) is 8.72. The Hall–Kier alpha value is -3.93. The van der Waals surface area contributed by atoms with Crippen LogP contribution in [0.3, 0.4) is 0 Å². The lowest BCUT2D eigenvalue weighted by molar-refractivity contribution is 0.259. The molecule has 1 heterocycles. The van der Waals surface area contributed by atoms with Crippen LogP contribution >= 0.6 is 0 Å². The minimum absolute atomic E-state index is 0.131. The van der Waals surface area contributed by atoms with Crippen molar-refractivity contribution in [3.05, 3.63) is 131 Å². The van der Waals surface area contributed by atoms with E-state index in [1.807, 2.05) is 48.5 Å². The lowest BCUT2D eigenvalue weighted by atomic mass is 10.0. The molecular formula is C30H30N4O. The maximum atomic E-state index is 6.15. The van der Waals surface area contributed by atoms with E-state index >= 15 is 0 Å². The number of nitrogens with zero attached hydrogens (tertiary/aromatic N) is 1. The van der Waals surface area contributed by atoms with Crippen LogP contribution in [0.5, 0.6) is 5.75 Å². The molecule has 0 amide bonds. The van der Waals surface area contributed by atoms with Gasteiger partial charge in [0, 0.05) is 12.1 Å². The number of benzene rings is 4. The van der Waals surface area contributed by atoms with Gasteiger partial charge in [0.2, 0.25) is 0 Å². The third-order valence-electron chi connectivity index (χ3n) is 6.30. The molecule has 0 saturated heterocycles. The van der Waals surface area contributed by atoms with E-state index in [2.05, 4.69) is 89.2 Å². The molecule has 0 saturated carbocycles. The summed E-state index contributed by atoms with van der Waals surface area (Å²) >= 11 is 0.